The minimum atomic E-state index is -0.176. The SMILES string of the molecule is COc1cc2c(c(OC)c1)[C@@H](c1cnc3cc(O)ccc3c1)CC(=O)N2. The fraction of sp³-hybridized carbons (Fsp3) is 0.200. The minimum Gasteiger partial charge on any atom is -0.508 e. The first-order valence-electron chi connectivity index (χ1n) is 8.23. The summed E-state index contributed by atoms with van der Waals surface area (Å²) in [4.78, 5) is 16.7. The Morgan fingerprint density at radius 1 is 1.15 bits per heavy atom. The van der Waals surface area contributed by atoms with Crippen molar-refractivity contribution in [2.75, 3.05) is 19.5 Å². The van der Waals surface area contributed by atoms with Crippen LogP contribution in [0.25, 0.3) is 10.9 Å². The lowest BCUT2D eigenvalue weighted by Crippen LogP contribution is -2.24. The maximum absolute atomic E-state index is 12.3. The average Bonchev–Trinajstić information content (AvgIpc) is 2.65. The maximum atomic E-state index is 12.3. The molecule has 1 aliphatic heterocycles. The number of ether oxygens (including phenoxy) is 2. The van der Waals surface area contributed by atoms with Crippen LogP contribution in [-0.2, 0) is 4.79 Å². The molecule has 4 rings (SSSR count). The summed E-state index contributed by atoms with van der Waals surface area (Å²) in [6, 6.07) is 10.7. The number of anilines is 1. The van der Waals surface area contributed by atoms with Crippen LogP contribution in [-0.4, -0.2) is 30.2 Å². The van der Waals surface area contributed by atoms with E-state index < -0.39 is 0 Å². The van der Waals surface area contributed by atoms with Gasteiger partial charge in [0.05, 0.1) is 25.4 Å². The Bertz CT molecular complexity index is 1020. The molecule has 0 aliphatic carbocycles. The molecule has 1 atom stereocenters. The first-order valence-corrected chi connectivity index (χ1v) is 8.23. The van der Waals surface area contributed by atoms with Crippen LogP contribution < -0.4 is 14.8 Å². The van der Waals surface area contributed by atoms with Crippen LogP contribution >= 0.6 is 0 Å². The average molecular weight is 350 g/mol. The van der Waals surface area contributed by atoms with Crippen LogP contribution in [0.5, 0.6) is 17.2 Å². The molecular weight excluding hydrogens is 332 g/mol. The van der Waals surface area contributed by atoms with Crippen molar-refractivity contribution in [1.82, 2.24) is 4.98 Å². The third-order valence-electron chi connectivity index (χ3n) is 4.67. The number of methoxy groups -OCH3 is 2. The van der Waals surface area contributed by atoms with Crippen molar-refractivity contribution < 1.29 is 19.4 Å². The normalized spacial score (nSPS) is 16.1. The molecular formula is C20H18N2O4. The van der Waals surface area contributed by atoms with Gasteiger partial charge in [0, 0.05) is 47.7 Å². The van der Waals surface area contributed by atoms with Crippen LogP contribution in [0.4, 0.5) is 5.69 Å². The largest absolute Gasteiger partial charge is 0.508 e. The number of hydrogen-bond donors (Lipinski definition) is 2. The molecule has 0 radical (unpaired) electrons. The van der Waals surface area contributed by atoms with Crippen molar-refractivity contribution in [2.45, 2.75) is 12.3 Å². The van der Waals surface area contributed by atoms with Gasteiger partial charge in [-0.3, -0.25) is 9.78 Å². The second-order valence-corrected chi connectivity index (χ2v) is 6.24. The lowest BCUT2D eigenvalue weighted by atomic mass is 9.84. The molecule has 0 spiro atoms. The highest BCUT2D eigenvalue weighted by molar-refractivity contribution is 5.96. The van der Waals surface area contributed by atoms with Crippen LogP contribution in [0.2, 0.25) is 0 Å². The molecule has 1 amide bonds. The Morgan fingerprint density at radius 3 is 2.77 bits per heavy atom. The molecule has 0 bridgehead atoms. The highest BCUT2D eigenvalue weighted by atomic mass is 16.5. The smallest absolute Gasteiger partial charge is 0.225 e. The Hall–Kier alpha value is -3.28. The van der Waals surface area contributed by atoms with E-state index in [0.717, 1.165) is 16.5 Å². The number of aromatic nitrogens is 1. The van der Waals surface area contributed by atoms with E-state index >= 15 is 0 Å². The Balaban J connectivity index is 1.88. The summed E-state index contributed by atoms with van der Waals surface area (Å²) in [6.45, 7) is 0. The number of fused-ring (bicyclic) bond motifs is 2. The molecule has 6 nitrogen and oxygen atoms in total. The van der Waals surface area contributed by atoms with Gasteiger partial charge >= 0.3 is 0 Å². The van der Waals surface area contributed by atoms with Crippen molar-refractivity contribution >= 4 is 22.5 Å². The van der Waals surface area contributed by atoms with E-state index in [9.17, 15) is 9.90 Å². The van der Waals surface area contributed by atoms with E-state index in [1.165, 1.54) is 0 Å². The molecule has 1 aromatic heterocycles. The Morgan fingerprint density at radius 2 is 2.00 bits per heavy atom. The zero-order valence-corrected chi connectivity index (χ0v) is 14.4. The molecule has 0 fully saturated rings. The Kier molecular flexibility index (Phi) is 3.88. The molecule has 3 aromatic rings. The second-order valence-electron chi connectivity index (χ2n) is 6.24. The summed E-state index contributed by atoms with van der Waals surface area (Å²) in [5.74, 6) is 1.21. The quantitative estimate of drug-likeness (QED) is 0.756. The fourth-order valence-corrected chi connectivity index (χ4v) is 3.44. The predicted octanol–water partition coefficient (Wildman–Crippen LogP) is 3.43. The summed E-state index contributed by atoms with van der Waals surface area (Å²) in [6.07, 6.45) is 2.06. The molecule has 1 aliphatic rings. The summed E-state index contributed by atoms with van der Waals surface area (Å²) in [7, 11) is 3.18. The number of carbonyl (C=O) groups excluding carboxylic acids is 1. The molecule has 2 N–H and O–H groups in total. The van der Waals surface area contributed by atoms with Crippen molar-refractivity contribution in [2.24, 2.45) is 0 Å². The number of carbonyl (C=O) groups is 1. The zero-order chi connectivity index (χ0) is 18.3. The van der Waals surface area contributed by atoms with Gasteiger partial charge in [-0.2, -0.15) is 0 Å². The van der Waals surface area contributed by atoms with Crippen LogP contribution in [0.15, 0.2) is 42.6 Å². The first-order chi connectivity index (χ1) is 12.6. The minimum absolute atomic E-state index is 0.0661. The summed E-state index contributed by atoms with van der Waals surface area (Å²) in [5, 5.41) is 13.4. The summed E-state index contributed by atoms with van der Waals surface area (Å²) < 4.78 is 10.9. The lowest BCUT2D eigenvalue weighted by Gasteiger charge is -2.28. The standard InChI is InChI=1S/C20H18N2O4/c1-25-14-7-17-20(18(8-14)26-2)15(9-19(24)22-17)12-5-11-3-4-13(23)6-16(11)21-10-12/h3-8,10,15,23H,9H2,1-2H3,(H,22,24)/t15-/m1/s1. The van der Waals surface area contributed by atoms with Gasteiger partial charge < -0.3 is 19.9 Å². The second kappa shape index (κ2) is 6.22. The van der Waals surface area contributed by atoms with E-state index in [1.54, 1.807) is 38.6 Å². The van der Waals surface area contributed by atoms with Gasteiger partial charge in [0.1, 0.15) is 17.2 Å². The monoisotopic (exact) mass is 350 g/mol. The van der Waals surface area contributed by atoms with E-state index in [0.29, 0.717) is 29.1 Å². The van der Waals surface area contributed by atoms with Gasteiger partial charge in [0.2, 0.25) is 5.91 Å². The molecule has 0 saturated carbocycles. The van der Waals surface area contributed by atoms with Gasteiger partial charge in [-0.1, -0.05) is 0 Å². The van der Waals surface area contributed by atoms with Gasteiger partial charge in [-0.25, -0.2) is 0 Å². The third kappa shape index (κ3) is 2.69. The number of phenolic OH excluding ortho intramolecular Hbond substituents is 1. The van der Waals surface area contributed by atoms with Crippen molar-refractivity contribution in [3.05, 3.63) is 53.7 Å². The molecule has 0 saturated heterocycles. The number of phenols is 1. The van der Waals surface area contributed by atoms with Gasteiger partial charge in [0.25, 0.3) is 0 Å². The van der Waals surface area contributed by atoms with Gasteiger partial charge in [0.15, 0.2) is 0 Å². The van der Waals surface area contributed by atoms with Crippen LogP contribution in [0, 0.1) is 0 Å². The van der Waals surface area contributed by atoms with Crippen molar-refractivity contribution in [1.29, 1.82) is 0 Å². The van der Waals surface area contributed by atoms with Crippen LogP contribution in [0.3, 0.4) is 0 Å². The fourth-order valence-electron chi connectivity index (χ4n) is 3.44. The van der Waals surface area contributed by atoms with Gasteiger partial charge in [-0.05, 0) is 23.8 Å². The topological polar surface area (TPSA) is 80.7 Å². The van der Waals surface area contributed by atoms with Crippen molar-refractivity contribution in [3.8, 4) is 17.2 Å². The molecule has 26 heavy (non-hydrogen) atoms. The molecule has 6 heteroatoms. The zero-order valence-electron chi connectivity index (χ0n) is 14.4. The van der Waals surface area contributed by atoms with E-state index in [4.69, 9.17) is 9.47 Å². The highest BCUT2D eigenvalue weighted by Gasteiger charge is 2.30. The number of nitrogens with zero attached hydrogens (tertiary/aromatic N) is 1. The molecule has 2 aromatic carbocycles. The highest BCUT2D eigenvalue weighted by Crippen LogP contribution is 2.45. The molecule has 0 unspecified atom stereocenters. The van der Waals surface area contributed by atoms with E-state index in [1.807, 2.05) is 18.2 Å². The number of benzene rings is 2. The van der Waals surface area contributed by atoms with Crippen LogP contribution in [0.1, 0.15) is 23.5 Å². The summed E-state index contributed by atoms with van der Waals surface area (Å²) >= 11 is 0. The number of nitrogens with one attached hydrogen (secondary N) is 1. The molecule has 2 heterocycles. The Labute approximate surface area is 150 Å². The van der Waals surface area contributed by atoms with E-state index in [-0.39, 0.29) is 17.6 Å². The van der Waals surface area contributed by atoms with Gasteiger partial charge in [-0.15, -0.1) is 0 Å². The number of pyridine rings is 1. The van der Waals surface area contributed by atoms with E-state index in [2.05, 4.69) is 10.3 Å². The molecule has 132 valence electrons. The maximum Gasteiger partial charge on any atom is 0.225 e. The lowest BCUT2D eigenvalue weighted by molar-refractivity contribution is -0.116. The summed E-state index contributed by atoms with van der Waals surface area (Å²) in [5.41, 5.74) is 3.22. The predicted molar refractivity (Wildman–Crippen MR) is 98.0 cm³/mol. The number of hydrogen-bond acceptors (Lipinski definition) is 5. The number of aromatic hydroxyl groups is 1. The van der Waals surface area contributed by atoms with Crippen molar-refractivity contribution in [3.63, 3.8) is 0 Å². The number of rotatable bonds is 3. The first kappa shape index (κ1) is 16.2. The third-order valence-corrected chi connectivity index (χ3v) is 4.67. The number of amides is 1.